The SMILES string of the molecule is CCC1(CNCC(F)F)CCCC1. The Morgan fingerprint density at radius 1 is 1.31 bits per heavy atom. The van der Waals surface area contributed by atoms with Gasteiger partial charge in [0.2, 0.25) is 0 Å². The molecule has 0 amide bonds. The lowest BCUT2D eigenvalue weighted by Gasteiger charge is -2.27. The van der Waals surface area contributed by atoms with Gasteiger partial charge in [-0.2, -0.15) is 0 Å². The van der Waals surface area contributed by atoms with Gasteiger partial charge in [-0.15, -0.1) is 0 Å². The summed E-state index contributed by atoms with van der Waals surface area (Å²) in [6.45, 7) is 2.78. The first-order chi connectivity index (χ1) is 6.18. The minimum atomic E-state index is -2.21. The van der Waals surface area contributed by atoms with Gasteiger partial charge < -0.3 is 5.32 Å². The van der Waals surface area contributed by atoms with Crippen LogP contribution in [0, 0.1) is 5.41 Å². The smallest absolute Gasteiger partial charge is 0.250 e. The van der Waals surface area contributed by atoms with Crippen molar-refractivity contribution in [2.24, 2.45) is 5.41 Å². The first-order valence-corrected chi connectivity index (χ1v) is 5.17. The zero-order valence-corrected chi connectivity index (χ0v) is 8.28. The molecule has 1 fully saturated rings. The van der Waals surface area contributed by atoms with E-state index in [1.165, 1.54) is 25.7 Å². The fraction of sp³-hybridized carbons (Fsp3) is 1.00. The summed E-state index contributed by atoms with van der Waals surface area (Å²) in [6.07, 6.45) is 3.85. The highest BCUT2D eigenvalue weighted by molar-refractivity contribution is 4.85. The van der Waals surface area contributed by atoms with Crippen LogP contribution >= 0.6 is 0 Å². The third-order valence-electron chi connectivity index (χ3n) is 3.21. The zero-order valence-electron chi connectivity index (χ0n) is 8.28. The Labute approximate surface area is 78.9 Å². The lowest BCUT2D eigenvalue weighted by molar-refractivity contribution is 0.137. The van der Waals surface area contributed by atoms with Gasteiger partial charge >= 0.3 is 0 Å². The van der Waals surface area contributed by atoms with E-state index in [4.69, 9.17) is 0 Å². The summed E-state index contributed by atoms with van der Waals surface area (Å²) in [7, 11) is 0. The largest absolute Gasteiger partial charge is 0.311 e. The number of halogens is 2. The van der Waals surface area contributed by atoms with Gasteiger partial charge in [0, 0.05) is 6.54 Å². The van der Waals surface area contributed by atoms with Crippen molar-refractivity contribution in [3.63, 3.8) is 0 Å². The Balaban J connectivity index is 2.23. The van der Waals surface area contributed by atoms with Crippen LogP contribution in [-0.2, 0) is 0 Å². The molecule has 0 unspecified atom stereocenters. The topological polar surface area (TPSA) is 12.0 Å². The highest BCUT2D eigenvalue weighted by Gasteiger charge is 2.31. The fourth-order valence-electron chi connectivity index (χ4n) is 2.23. The van der Waals surface area contributed by atoms with Crippen molar-refractivity contribution in [3.05, 3.63) is 0 Å². The molecule has 0 bridgehead atoms. The molecule has 1 aliphatic rings. The molecule has 1 rings (SSSR count). The second-order valence-corrected chi connectivity index (χ2v) is 4.08. The van der Waals surface area contributed by atoms with E-state index in [2.05, 4.69) is 12.2 Å². The highest BCUT2D eigenvalue weighted by Crippen LogP contribution is 2.40. The van der Waals surface area contributed by atoms with E-state index in [0.29, 0.717) is 5.41 Å². The predicted octanol–water partition coefficient (Wildman–Crippen LogP) is 2.81. The summed E-state index contributed by atoms with van der Waals surface area (Å²) in [5, 5.41) is 2.87. The molecule has 0 aromatic carbocycles. The minimum Gasteiger partial charge on any atom is -0.311 e. The molecule has 0 radical (unpaired) electrons. The average molecular weight is 191 g/mol. The normalized spacial score (nSPS) is 21.2. The van der Waals surface area contributed by atoms with Crippen LogP contribution in [0.2, 0.25) is 0 Å². The molecule has 0 heterocycles. The molecule has 78 valence electrons. The van der Waals surface area contributed by atoms with Crippen LogP contribution in [0.25, 0.3) is 0 Å². The Hall–Kier alpha value is -0.180. The van der Waals surface area contributed by atoms with Crippen LogP contribution in [0.3, 0.4) is 0 Å². The van der Waals surface area contributed by atoms with Crippen LogP contribution in [-0.4, -0.2) is 19.5 Å². The first-order valence-electron chi connectivity index (χ1n) is 5.17. The molecule has 0 aromatic rings. The van der Waals surface area contributed by atoms with Crippen LogP contribution in [0.4, 0.5) is 8.78 Å². The summed E-state index contributed by atoms with van der Waals surface area (Å²) in [5.74, 6) is 0. The molecular weight excluding hydrogens is 172 g/mol. The van der Waals surface area contributed by atoms with Gasteiger partial charge in [0.1, 0.15) is 0 Å². The van der Waals surface area contributed by atoms with Gasteiger partial charge in [-0.1, -0.05) is 19.8 Å². The van der Waals surface area contributed by atoms with Crippen molar-refractivity contribution in [3.8, 4) is 0 Å². The summed E-state index contributed by atoms with van der Waals surface area (Å²) in [4.78, 5) is 0. The molecule has 0 spiro atoms. The summed E-state index contributed by atoms with van der Waals surface area (Å²) in [5.41, 5.74) is 0.328. The van der Waals surface area contributed by atoms with Gasteiger partial charge in [0.15, 0.2) is 0 Å². The van der Waals surface area contributed by atoms with E-state index >= 15 is 0 Å². The Morgan fingerprint density at radius 3 is 2.38 bits per heavy atom. The zero-order chi connectivity index (χ0) is 9.73. The summed E-state index contributed by atoms with van der Waals surface area (Å²) >= 11 is 0. The molecule has 0 aliphatic heterocycles. The first kappa shape index (κ1) is 10.9. The maximum atomic E-state index is 11.9. The summed E-state index contributed by atoms with van der Waals surface area (Å²) in [6, 6.07) is 0. The van der Waals surface area contributed by atoms with E-state index in [1.807, 2.05) is 0 Å². The van der Waals surface area contributed by atoms with Gasteiger partial charge in [0.05, 0.1) is 6.54 Å². The lowest BCUT2D eigenvalue weighted by atomic mass is 9.83. The molecule has 0 saturated heterocycles. The van der Waals surface area contributed by atoms with E-state index < -0.39 is 6.43 Å². The highest BCUT2D eigenvalue weighted by atomic mass is 19.3. The average Bonchev–Trinajstić information content (AvgIpc) is 2.53. The fourth-order valence-corrected chi connectivity index (χ4v) is 2.23. The Kier molecular flexibility index (Phi) is 4.10. The second kappa shape index (κ2) is 4.89. The minimum absolute atomic E-state index is 0.151. The maximum absolute atomic E-state index is 11.9. The van der Waals surface area contributed by atoms with E-state index in [9.17, 15) is 8.78 Å². The van der Waals surface area contributed by atoms with Crippen LogP contribution in [0.1, 0.15) is 39.0 Å². The Bertz CT molecular complexity index is 142. The number of rotatable bonds is 5. The van der Waals surface area contributed by atoms with Gasteiger partial charge in [-0.25, -0.2) is 8.78 Å². The second-order valence-electron chi connectivity index (χ2n) is 4.08. The van der Waals surface area contributed by atoms with Crippen molar-refractivity contribution in [1.29, 1.82) is 0 Å². The lowest BCUT2D eigenvalue weighted by Crippen LogP contribution is -2.34. The predicted molar refractivity (Wildman–Crippen MR) is 50.1 cm³/mol. The molecule has 1 aliphatic carbocycles. The van der Waals surface area contributed by atoms with Crippen LogP contribution in [0.5, 0.6) is 0 Å². The number of hydrogen-bond acceptors (Lipinski definition) is 1. The van der Waals surface area contributed by atoms with Gasteiger partial charge in [0.25, 0.3) is 6.43 Å². The standard InChI is InChI=1S/C10H19F2N/c1-2-10(5-3-4-6-10)8-13-7-9(11)12/h9,13H,2-8H2,1H3. The molecule has 13 heavy (non-hydrogen) atoms. The quantitative estimate of drug-likeness (QED) is 0.704. The van der Waals surface area contributed by atoms with Gasteiger partial charge in [-0.05, 0) is 24.7 Å². The molecule has 1 N–H and O–H groups in total. The van der Waals surface area contributed by atoms with Crippen molar-refractivity contribution < 1.29 is 8.78 Å². The van der Waals surface area contributed by atoms with Crippen molar-refractivity contribution in [1.82, 2.24) is 5.32 Å². The molecule has 0 atom stereocenters. The van der Waals surface area contributed by atoms with Gasteiger partial charge in [-0.3, -0.25) is 0 Å². The van der Waals surface area contributed by atoms with Crippen LogP contribution < -0.4 is 5.32 Å². The third kappa shape index (κ3) is 3.22. The van der Waals surface area contributed by atoms with Crippen molar-refractivity contribution >= 4 is 0 Å². The number of nitrogens with one attached hydrogen (secondary N) is 1. The summed E-state index contributed by atoms with van der Waals surface area (Å²) < 4.78 is 23.7. The number of alkyl halides is 2. The van der Waals surface area contributed by atoms with E-state index in [1.54, 1.807) is 0 Å². The van der Waals surface area contributed by atoms with Crippen molar-refractivity contribution in [2.45, 2.75) is 45.5 Å². The molecule has 1 nitrogen and oxygen atoms in total. The van der Waals surface area contributed by atoms with Crippen LogP contribution in [0.15, 0.2) is 0 Å². The Morgan fingerprint density at radius 2 is 1.92 bits per heavy atom. The molecular formula is C10H19F2N. The maximum Gasteiger partial charge on any atom is 0.250 e. The molecule has 1 saturated carbocycles. The molecule has 0 aromatic heterocycles. The van der Waals surface area contributed by atoms with E-state index in [0.717, 1.165) is 13.0 Å². The molecule has 3 heteroatoms. The number of hydrogen-bond donors (Lipinski definition) is 1. The monoisotopic (exact) mass is 191 g/mol. The third-order valence-corrected chi connectivity index (χ3v) is 3.21. The van der Waals surface area contributed by atoms with E-state index in [-0.39, 0.29) is 6.54 Å². The van der Waals surface area contributed by atoms with Crippen molar-refractivity contribution in [2.75, 3.05) is 13.1 Å².